The van der Waals surface area contributed by atoms with E-state index in [1.165, 1.54) is 24.0 Å². The van der Waals surface area contributed by atoms with Crippen LogP contribution in [0.1, 0.15) is 43.4 Å². The largest absolute Gasteiger partial charge is 0.393 e. The van der Waals surface area contributed by atoms with Crippen molar-refractivity contribution in [2.24, 2.45) is 5.92 Å². The van der Waals surface area contributed by atoms with Gasteiger partial charge in [0.2, 0.25) is 0 Å². The normalized spacial score (nSPS) is 19.0. The van der Waals surface area contributed by atoms with Crippen molar-refractivity contribution in [3.8, 4) is 0 Å². The highest BCUT2D eigenvalue weighted by Crippen LogP contribution is 2.40. The lowest BCUT2D eigenvalue weighted by Gasteiger charge is -2.19. The molecule has 1 aromatic rings. The third-order valence-corrected chi connectivity index (χ3v) is 3.46. The first-order valence-corrected chi connectivity index (χ1v) is 6.65. The molecular weight excluding hydrogens is 210 g/mol. The lowest BCUT2D eigenvalue weighted by molar-refractivity contribution is 0.181. The van der Waals surface area contributed by atoms with Gasteiger partial charge in [-0.05, 0) is 51.1 Å². The summed E-state index contributed by atoms with van der Waals surface area (Å²) in [5.74, 6) is 0.798. The third kappa shape index (κ3) is 3.83. The Bertz CT molecular complexity index is 340. The summed E-state index contributed by atoms with van der Waals surface area (Å²) in [6, 6.07) is 9.30. The SMILES string of the molecule is Cc1ccc(C(NCCC(C)O)C2CC2)cc1. The molecule has 2 unspecified atom stereocenters. The standard InChI is InChI=1S/C15H23NO/c1-11-3-5-13(6-4-11)15(14-7-8-14)16-10-9-12(2)17/h3-6,12,14-17H,7-10H2,1-2H3. The minimum absolute atomic E-state index is 0.208. The Morgan fingerprint density at radius 3 is 2.47 bits per heavy atom. The van der Waals surface area contributed by atoms with Gasteiger partial charge in [-0.3, -0.25) is 0 Å². The highest BCUT2D eigenvalue weighted by Gasteiger charge is 2.31. The molecule has 0 aromatic heterocycles. The fourth-order valence-corrected chi connectivity index (χ4v) is 2.21. The zero-order valence-corrected chi connectivity index (χ0v) is 10.8. The molecule has 1 saturated carbocycles. The van der Waals surface area contributed by atoms with Crippen molar-refractivity contribution in [3.63, 3.8) is 0 Å². The molecule has 1 aromatic carbocycles. The van der Waals surface area contributed by atoms with Gasteiger partial charge in [0.1, 0.15) is 0 Å². The van der Waals surface area contributed by atoms with Crippen LogP contribution >= 0.6 is 0 Å². The molecule has 0 aliphatic heterocycles. The fraction of sp³-hybridized carbons (Fsp3) is 0.600. The Labute approximate surface area is 104 Å². The van der Waals surface area contributed by atoms with Gasteiger partial charge >= 0.3 is 0 Å². The lowest BCUT2D eigenvalue weighted by atomic mass is 10.0. The number of benzene rings is 1. The second-order valence-corrected chi connectivity index (χ2v) is 5.32. The Hall–Kier alpha value is -0.860. The molecule has 94 valence electrons. The second-order valence-electron chi connectivity index (χ2n) is 5.32. The van der Waals surface area contributed by atoms with E-state index in [-0.39, 0.29) is 6.10 Å². The summed E-state index contributed by atoms with van der Waals surface area (Å²) in [4.78, 5) is 0. The summed E-state index contributed by atoms with van der Waals surface area (Å²) in [5, 5.41) is 12.9. The zero-order chi connectivity index (χ0) is 12.3. The van der Waals surface area contributed by atoms with Gasteiger partial charge in [0.25, 0.3) is 0 Å². The molecule has 1 aliphatic carbocycles. The van der Waals surface area contributed by atoms with E-state index in [2.05, 4.69) is 36.5 Å². The van der Waals surface area contributed by atoms with Gasteiger partial charge in [-0.2, -0.15) is 0 Å². The predicted molar refractivity (Wildman–Crippen MR) is 70.9 cm³/mol. The highest BCUT2D eigenvalue weighted by molar-refractivity contribution is 5.25. The van der Waals surface area contributed by atoms with Crippen LogP contribution in [-0.4, -0.2) is 17.8 Å². The van der Waals surface area contributed by atoms with Crippen LogP contribution in [0.4, 0.5) is 0 Å². The average molecular weight is 233 g/mol. The molecular formula is C15H23NO. The van der Waals surface area contributed by atoms with Crippen LogP contribution in [0.5, 0.6) is 0 Å². The monoisotopic (exact) mass is 233 g/mol. The van der Waals surface area contributed by atoms with E-state index in [0.29, 0.717) is 6.04 Å². The number of nitrogens with one attached hydrogen (secondary N) is 1. The van der Waals surface area contributed by atoms with Crippen LogP contribution in [0.25, 0.3) is 0 Å². The number of rotatable bonds is 6. The first kappa shape index (κ1) is 12.6. The van der Waals surface area contributed by atoms with E-state index in [1.54, 1.807) is 0 Å². The van der Waals surface area contributed by atoms with Crippen LogP contribution in [0.2, 0.25) is 0 Å². The number of aryl methyl sites for hydroxylation is 1. The van der Waals surface area contributed by atoms with E-state index < -0.39 is 0 Å². The van der Waals surface area contributed by atoms with Crippen LogP contribution < -0.4 is 5.32 Å². The van der Waals surface area contributed by atoms with Crippen LogP contribution in [0.15, 0.2) is 24.3 Å². The molecule has 2 atom stereocenters. The van der Waals surface area contributed by atoms with Crippen LogP contribution in [0.3, 0.4) is 0 Å². The van der Waals surface area contributed by atoms with Crippen molar-refractivity contribution in [3.05, 3.63) is 35.4 Å². The molecule has 0 radical (unpaired) electrons. The minimum Gasteiger partial charge on any atom is -0.393 e. The summed E-state index contributed by atoms with van der Waals surface area (Å²) < 4.78 is 0. The summed E-state index contributed by atoms with van der Waals surface area (Å²) in [5.41, 5.74) is 2.70. The topological polar surface area (TPSA) is 32.3 Å². The van der Waals surface area contributed by atoms with E-state index >= 15 is 0 Å². The first-order chi connectivity index (χ1) is 8.16. The minimum atomic E-state index is -0.208. The number of aliphatic hydroxyl groups is 1. The Balaban J connectivity index is 1.94. The van der Waals surface area contributed by atoms with Gasteiger partial charge in [0, 0.05) is 6.04 Å². The van der Waals surface area contributed by atoms with Crippen LogP contribution in [0, 0.1) is 12.8 Å². The molecule has 0 saturated heterocycles. The Morgan fingerprint density at radius 2 is 1.94 bits per heavy atom. The van der Waals surface area contributed by atoms with Gasteiger partial charge in [-0.15, -0.1) is 0 Å². The van der Waals surface area contributed by atoms with Gasteiger partial charge in [0.05, 0.1) is 6.10 Å². The maximum absolute atomic E-state index is 9.29. The van der Waals surface area contributed by atoms with E-state index in [9.17, 15) is 5.11 Å². The lowest BCUT2D eigenvalue weighted by Crippen LogP contribution is -2.26. The number of aliphatic hydroxyl groups excluding tert-OH is 1. The van der Waals surface area contributed by atoms with Gasteiger partial charge in [0.15, 0.2) is 0 Å². The van der Waals surface area contributed by atoms with Crippen molar-refractivity contribution < 1.29 is 5.11 Å². The molecule has 17 heavy (non-hydrogen) atoms. The summed E-state index contributed by atoms with van der Waals surface area (Å²) in [7, 11) is 0. The highest BCUT2D eigenvalue weighted by atomic mass is 16.3. The Kier molecular flexibility index (Phi) is 4.19. The molecule has 0 heterocycles. The van der Waals surface area contributed by atoms with Crippen LogP contribution in [-0.2, 0) is 0 Å². The molecule has 1 aliphatic rings. The molecule has 2 N–H and O–H groups in total. The zero-order valence-electron chi connectivity index (χ0n) is 10.8. The van der Waals surface area contributed by atoms with Crippen molar-refractivity contribution in [2.45, 2.75) is 45.3 Å². The molecule has 2 heteroatoms. The molecule has 0 bridgehead atoms. The van der Waals surface area contributed by atoms with Gasteiger partial charge in [-0.1, -0.05) is 29.8 Å². The first-order valence-electron chi connectivity index (χ1n) is 6.65. The number of hydrogen-bond acceptors (Lipinski definition) is 2. The van der Waals surface area contributed by atoms with E-state index in [0.717, 1.165) is 18.9 Å². The Morgan fingerprint density at radius 1 is 1.29 bits per heavy atom. The molecule has 2 rings (SSSR count). The maximum atomic E-state index is 9.29. The maximum Gasteiger partial charge on any atom is 0.0524 e. The van der Waals surface area contributed by atoms with Crippen molar-refractivity contribution in [1.29, 1.82) is 0 Å². The van der Waals surface area contributed by atoms with Crippen molar-refractivity contribution in [1.82, 2.24) is 5.32 Å². The summed E-state index contributed by atoms with van der Waals surface area (Å²) in [6.45, 7) is 4.86. The molecule has 0 spiro atoms. The van der Waals surface area contributed by atoms with Gasteiger partial charge < -0.3 is 10.4 Å². The van der Waals surface area contributed by atoms with Crippen molar-refractivity contribution >= 4 is 0 Å². The predicted octanol–water partition coefficient (Wildman–Crippen LogP) is 2.81. The number of hydrogen-bond donors (Lipinski definition) is 2. The molecule has 0 amide bonds. The summed E-state index contributed by atoms with van der Waals surface area (Å²) in [6.07, 6.45) is 3.29. The average Bonchev–Trinajstić information content (AvgIpc) is 3.10. The quantitative estimate of drug-likeness (QED) is 0.792. The summed E-state index contributed by atoms with van der Waals surface area (Å²) >= 11 is 0. The smallest absolute Gasteiger partial charge is 0.0524 e. The molecule has 2 nitrogen and oxygen atoms in total. The molecule has 1 fully saturated rings. The van der Waals surface area contributed by atoms with Gasteiger partial charge in [-0.25, -0.2) is 0 Å². The fourth-order valence-electron chi connectivity index (χ4n) is 2.21. The third-order valence-electron chi connectivity index (χ3n) is 3.46. The second kappa shape index (κ2) is 5.65. The van der Waals surface area contributed by atoms with E-state index in [4.69, 9.17) is 0 Å². The van der Waals surface area contributed by atoms with E-state index in [1.807, 2.05) is 6.92 Å². The van der Waals surface area contributed by atoms with Crippen molar-refractivity contribution in [2.75, 3.05) is 6.54 Å².